The number of nitrogens with one attached hydrogen (secondary N) is 1. The molecular weight excluding hydrogens is 346 g/mol. The highest BCUT2D eigenvalue weighted by molar-refractivity contribution is 5.83. The Kier molecular flexibility index (Phi) is 5.77. The highest BCUT2D eigenvalue weighted by Crippen LogP contribution is 2.20. The van der Waals surface area contributed by atoms with E-state index in [1.165, 1.54) is 27.6 Å². The molecule has 0 atom stereocenters. The molecule has 0 unspecified atom stereocenters. The lowest BCUT2D eigenvalue weighted by molar-refractivity contribution is -0.133. The number of aryl methyl sites for hydroxylation is 2. The fourth-order valence-corrected chi connectivity index (χ4v) is 4.11. The summed E-state index contributed by atoms with van der Waals surface area (Å²) in [5.41, 5.74) is 5.22. The number of aromatic nitrogens is 1. The van der Waals surface area contributed by atoms with Gasteiger partial charge < -0.3 is 9.88 Å². The molecular formula is C24H29N3O. The van der Waals surface area contributed by atoms with Gasteiger partial charge in [0.15, 0.2) is 0 Å². The van der Waals surface area contributed by atoms with E-state index in [1.807, 2.05) is 11.0 Å². The van der Waals surface area contributed by atoms with Gasteiger partial charge in [0.1, 0.15) is 0 Å². The fraction of sp³-hybridized carbons (Fsp3) is 0.375. The zero-order chi connectivity index (χ0) is 19.3. The maximum atomic E-state index is 12.6. The molecule has 1 amide bonds. The first-order valence-electron chi connectivity index (χ1n) is 10.3. The molecule has 1 aromatic heterocycles. The van der Waals surface area contributed by atoms with Crippen molar-refractivity contribution in [3.8, 4) is 0 Å². The molecule has 1 aliphatic rings. The number of hydrogen-bond donors (Lipinski definition) is 1. The second-order valence-corrected chi connectivity index (χ2v) is 7.80. The Labute approximate surface area is 167 Å². The molecule has 1 N–H and O–H groups in total. The van der Waals surface area contributed by atoms with E-state index < -0.39 is 0 Å². The third-order valence-electron chi connectivity index (χ3n) is 5.89. The van der Waals surface area contributed by atoms with Crippen molar-refractivity contribution in [1.82, 2.24) is 14.8 Å². The summed E-state index contributed by atoms with van der Waals surface area (Å²) in [5, 5.41) is 1.28. The molecule has 0 radical (unpaired) electrons. The number of piperazine rings is 1. The van der Waals surface area contributed by atoms with Crippen LogP contribution in [0.25, 0.3) is 10.9 Å². The molecule has 1 aliphatic heterocycles. The molecule has 4 nitrogen and oxygen atoms in total. The summed E-state index contributed by atoms with van der Waals surface area (Å²) in [6.45, 7) is 6.76. The summed E-state index contributed by atoms with van der Waals surface area (Å²) < 4.78 is 0. The molecule has 3 aromatic rings. The van der Waals surface area contributed by atoms with Crippen LogP contribution in [0.2, 0.25) is 0 Å². The van der Waals surface area contributed by atoms with Crippen molar-refractivity contribution in [2.75, 3.05) is 26.2 Å². The van der Waals surface area contributed by atoms with Gasteiger partial charge in [0.2, 0.25) is 5.91 Å². The topological polar surface area (TPSA) is 39.3 Å². The summed E-state index contributed by atoms with van der Waals surface area (Å²) in [4.78, 5) is 20.4. The minimum atomic E-state index is 0.301. The predicted octanol–water partition coefficient (Wildman–Crippen LogP) is 4.14. The maximum Gasteiger partial charge on any atom is 0.222 e. The van der Waals surface area contributed by atoms with E-state index in [0.29, 0.717) is 12.3 Å². The number of H-pyrrole nitrogens is 1. The SMILES string of the molecule is Cc1ccccc1CN1CCN(C(=O)CCCc2c[nH]c3ccccc23)CC1. The molecule has 2 heterocycles. The average Bonchev–Trinajstić information content (AvgIpc) is 3.13. The van der Waals surface area contributed by atoms with Crippen molar-refractivity contribution in [3.05, 3.63) is 71.4 Å². The van der Waals surface area contributed by atoms with Gasteiger partial charge in [-0.2, -0.15) is 0 Å². The molecule has 0 aliphatic carbocycles. The smallest absolute Gasteiger partial charge is 0.222 e. The first kappa shape index (κ1) is 18.8. The zero-order valence-corrected chi connectivity index (χ0v) is 16.7. The molecule has 0 bridgehead atoms. The summed E-state index contributed by atoms with van der Waals surface area (Å²) in [5.74, 6) is 0.301. The largest absolute Gasteiger partial charge is 0.361 e. The minimum Gasteiger partial charge on any atom is -0.361 e. The number of amides is 1. The molecule has 4 heteroatoms. The number of benzene rings is 2. The normalized spacial score (nSPS) is 15.2. The van der Waals surface area contributed by atoms with Crippen LogP contribution in [-0.2, 0) is 17.8 Å². The fourth-order valence-electron chi connectivity index (χ4n) is 4.11. The van der Waals surface area contributed by atoms with E-state index in [4.69, 9.17) is 0 Å². The van der Waals surface area contributed by atoms with E-state index in [0.717, 1.165) is 45.6 Å². The van der Waals surface area contributed by atoms with E-state index in [2.05, 4.69) is 65.5 Å². The lowest BCUT2D eigenvalue weighted by Crippen LogP contribution is -2.48. The Bertz CT molecular complexity index is 938. The number of fused-ring (bicyclic) bond motifs is 1. The van der Waals surface area contributed by atoms with E-state index in [1.54, 1.807) is 0 Å². The Morgan fingerprint density at radius 2 is 1.71 bits per heavy atom. The van der Waals surface area contributed by atoms with Crippen LogP contribution in [0, 0.1) is 6.92 Å². The Balaban J connectivity index is 1.22. The molecule has 1 fully saturated rings. The number of para-hydroxylation sites is 1. The van der Waals surface area contributed by atoms with Gasteiger partial charge in [-0.25, -0.2) is 0 Å². The van der Waals surface area contributed by atoms with Crippen molar-refractivity contribution in [3.63, 3.8) is 0 Å². The van der Waals surface area contributed by atoms with Crippen LogP contribution in [-0.4, -0.2) is 46.9 Å². The van der Waals surface area contributed by atoms with Crippen LogP contribution in [0.1, 0.15) is 29.5 Å². The average molecular weight is 376 g/mol. The monoisotopic (exact) mass is 375 g/mol. The van der Waals surface area contributed by atoms with Gasteiger partial charge in [-0.05, 0) is 42.5 Å². The summed E-state index contributed by atoms with van der Waals surface area (Å²) in [7, 11) is 0. The number of nitrogens with zero attached hydrogens (tertiary/aromatic N) is 2. The summed E-state index contributed by atoms with van der Waals surface area (Å²) in [6.07, 6.45) is 4.57. The van der Waals surface area contributed by atoms with Crippen LogP contribution < -0.4 is 0 Å². The third-order valence-corrected chi connectivity index (χ3v) is 5.89. The quantitative estimate of drug-likeness (QED) is 0.703. The lowest BCUT2D eigenvalue weighted by Gasteiger charge is -2.35. The van der Waals surface area contributed by atoms with Gasteiger partial charge in [-0.15, -0.1) is 0 Å². The van der Waals surface area contributed by atoms with Gasteiger partial charge in [0, 0.05) is 56.2 Å². The molecule has 4 rings (SSSR count). The Morgan fingerprint density at radius 3 is 2.54 bits per heavy atom. The van der Waals surface area contributed by atoms with Crippen LogP contribution in [0.4, 0.5) is 0 Å². The second-order valence-electron chi connectivity index (χ2n) is 7.80. The number of rotatable bonds is 6. The van der Waals surface area contributed by atoms with Crippen LogP contribution in [0.15, 0.2) is 54.7 Å². The van der Waals surface area contributed by atoms with E-state index >= 15 is 0 Å². The lowest BCUT2D eigenvalue weighted by atomic mass is 10.1. The molecule has 0 saturated carbocycles. The molecule has 2 aromatic carbocycles. The summed E-state index contributed by atoms with van der Waals surface area (Å²) >= 11 is 0. The summed E-state index contributed by atoms with van der Waals surface area (Å²) in [6, 6.07) is 16.9. The third kappa shape index (κ3) is 4.28. The first-order valence-corrected chi connectivity index (χ1v) is 10.3. The van der Waals surface area contributed by atoms with Crippen molar-refractivity contribution in [1.29, 1.82) is 0 Å². The van der Waals surface area contributed by atoms with Crippen LogP contribution in [0.3, 0.4) is 0 Å². The number of hydrogen-bond acceptors (Lipinski definition) is 2. The maximum absolute atomic E-state index is 12.6. The Hall–Kier alpha value is -2.59. The van der Waals surface area contributed by atoms with Crippen molar-refractivity contribution in [2.45, 2.75) is 32.7 Å². The molecule has 28 heavy (non-hydrogen) atoms. The van der Waals surface area contributed by atoms with E-state index in [9.17, 15) is 4.79 Å². The number of carbonyl (C=O) groups excluding carboxylic acids is 1. The van der Waals surface area contributed by atoms with Crippen LogP contribution >= 0.6 is 0 Å². The standard InChI is InChI=1S/C24H29N3O/c1-19-7-2-3-8-21(19)18-26-13-15-27(16-14-26)24(28)12-6-9-20-17-25-23-11-5-4-10-22(20)23/h2-5,7-8,10-11,17,25H,6,9,12-16,18H2,1H3. The van der Waals surface area contributed by atoms with Crippen molar-refractivity contribution < 1.29 is 4.79 Å². The van der Waals surface area contributed by atoms with Crippen LogP contribution in [0.5, 0.6) is 0 Å². The highest BCUT2D eigenvalue weighted by atomic mass is 16.2. The second kappa shape index (κ2) is 8.61. The molecule has 1 saturated heterocycles. The van der Waals surface area contributed by atoms with Crippen molar-refractivity contribution in [2.24, 2.45) is 0 Å². The number of carbonyl (C=O) groups is 1. The zero-order valence-electron chi connectivity index (χ0n) is 16.7. The van der Waals surface area contributed by atoms with Gasteiger partial charge >= 0.3 is 0 Å². The van der Waals surface area contributed by atoms with Gasteiger partial charge in [-0.3, -0.25) is 9.69 Å². The van der Waals surface area contributed by atoms with Gasteiger partial charge in [0.25, 0.3) is 0 Å². The predicted molar refractivity (Wildman–Crippen MR) is 114 cm³/mol. The molecule has 0 spiro atoms. The molecule has 146 valence electrons. The highest BCUT2D eigenvalue weighted by Gasteiger charge is 2.21. The Morgan fingerprint density at radius 1 is 0.964 bits per heavy atom. The van der Waals surface area contributed by atoms with Gasteiger partial charge in [-0.1, -0.05) is 42.5 Å². The number of aromatic amines is 1. The first-order chi connectivity index (χ1) is 13.7. The van der Waals surface area contributed by atoms with Gasteiger partial charge in [0.05, 0.1) is 0 Å². The minimum absolute atomic E-state index is 0.301. The van der Waals surface area contributed by atoms with Crippen molar-refractivity contribution >= 4 is 16.8 Å². The van der Waals surface area contributed by atoms with E-state index in [-0.39, 0.29) is 0 Å².